The number of halogens is 2. The minimum Gasteiger partial charge on any atom is -0.454 e. The number of piperazine rings is 1. The molecule has 0 spiro atoms. The Bertz CT molecular complexity index is 1160. The molecule has 4 rings (SSSR count). The van der Waals surface area contributed by atoms with Gasteiger partial charge in [-0.2, -0.15) is 0 Å². The molecule has 2 amide bonds. The van der Waals surface area contributed by atoms with Crippen molar-refractivity contribution in [2.45, 2.75) is 12.5 Å². The number of hydrogen-bond donors (Lipinski definition) is 1. The number of hydrogen-bond acceptors (Lipinski definition) is 8. The third-order valence-corrected chi connectivity index (χ3v) is 6.86. The highest BCUT2D eigenvalue weighted by molar-refractivity contribution is 6.36. The summed E-state index contributed by atoms with van der Waals surface area (Å²) in [5, 5.41) is 9.64. The van der Waals surface area contributed by atoms with Crippen molar-refractivity contribution >= 4 is 52.5 Å². The number of amides is 2. The molecule has 190 valence electrons. The summed E-state index contributed by atoms with van der Waals surface area (Å²) >= 11 is 11.9. The van der Waals surface area contributed by atoms with Gasteiger partial charge in [0.1, 0.15) is 0 Å². The van der Waals surface area contributed by atoms with Crippen molar-refractivity contribution in [2.24, 2.45) is 0 Å². The van der Waals surface area contributed by atoms with Crippen molar-refractivity contribution in [3.63, 3.8) is 0 Å². The topological polar surface area (TPSA) is 107 Å². The average molecular weight is 534 g/mol. The van der Waals surface area contributed by atoms with E-state index in [0.29, 0.717) is 30.3 Å². The number of rotatable bonds is 8. The van der Waals surface area contributed by atoms with Crippen LogP contribution < -0.4 is 4.90 Å². The lowest BCUT2D eigenvalue weighted by molar-refractivity contribution is -0.123. The molecule has 1 atom stereocenters. The summed E-state index contributed by atoms with van der Waals surface area (Å²) in [4.78, 5) is 55.7. The number of β-amino-alcohol motifs (C(OH)–C–C–N with tert-alkyl or cyclic N) is 1. The molecule has 1 unspecified atom stereocenters. The molecule has 0 bridgehead atoms. The molecule has 2 aliphatic heterocycles. The molecule has 2 fully saturated rings. The highest BCUT2D eigenvalue weighted by Gasteiger charge is 2.43. The maximum absolute atomic E-state index is 13.1. The van der Waals surface area contributed by atoms with E-state index < -0.39 is 24.4 Å². The number of carbonyl (C=O) groups is 4. The fourth-order valence-corrected chi connectivity index (χ4v) is 4.88. The summed E-state index contributed by atoms with van der Waals surface area (Å²) in [5.41, 5.74) is 0.732. The molecule has 0 saturated carbocycles. The maximum Gasteiger partial charge on any atom is 0.338 e. The first-order valence-corrected chi connectivity index (χ1v) is 12.2. The minimum absolute atomic E-state index is 0.0885. The van der Waals surface area contributed by atoms with E-state index >= 15 is 0 Å². The van der Waals surface area contributed by atoms with Crippen molar-refractivity contribution in [1.29, 1.82) is 0 Å². The van der Waals surface area contributed by atoms with Gasteiger partial charge in [0, 0.05) is 43.3 Å². The third-order valence-electron chi connectivity index (χ3n) is 6.31. The zero-order chi connectivity index (χ0) is 25.8. The lowest BCUT2D eigenvalue weighted by atomic mass is 10.1. The molecule has 2 aromatic carbocycles. The van der Waals surface area contributed by atoms with Crippen LogP contribution in [0, 0.1) is 0 Å². The largest absolute Gasteiger partial charge is 0.454 e. The Morgan fingerprint density at radius 3 is 2.33 bits per heavy atom. The lowest BCUT2D eigenvalue weighted by Crippen LogP contribution is -2.52. The van der Waals surface area contributed by atoms with Crippen LogP contribution in [0.15, 0.2) is 42.5 Å². The summed E-state index contributed by atoms with van der Waals surface area (Å²) in [6.07, 6.45) is 0.0952. The van der Waals surface area contributed by atoms with Gasteiger partial charge >= 0.3 is 5.97 Å². The van der Waals surface area contributed by atoms with Crippen molar-refractivity contribution in [2.75, 3.05) is 50.8 Å². The van der Waals surface area contributed by atoms with Crippen molar-refractivity contribution in [3.8, 4) is 0 Å². The molecule has 2 heterocycles. The molecule has 36 heavy (non-hydrogen) atoms. The number of carbonyl (C=O) groups excluding carboxylic acids is 4. The van der Waals surface area contributed by atoms with Crippen molar-refractivity contribution in [3.05, 3.63) is 63.6 Å². The number of aliphatic hydroxyl groups is 1. The number of ketones is 1. The van der Waals surface area contributed by atoms with Crippen LogP contribution in [0.3, 0.4) is 0 Å². The number of esters is 1. The van der Waals surface area contributed by atoms with E-state index in [1.165, 1.54) is 42.5 Å². The van der Waals surface area contributed by atoms with Crippen LogP contribution >= 0.6 is 23.2 Å². The number of aliphatic hydroxyl groups excluding tert-OH is 1. The van der Waals surface area contributed by atoms with Gasteiger partial charge in [-0.1, -0.05) is 23.2 Å². The standard InChI is InChI=1S/C25H25Cl2N3O6/c26-17-3-6-19(20(27)13-17)22(32)15-36-25(35)16-1-4-18(5-2-16)30-23(33)14-21(24(30)34)29-9-7-28(8-10-29)11-12-31/h1-6,13,21,31H,7-12,14-15H2. The van der Waals surface area contributed by atoms with Crippen molar-refractivity contribution in [1.82, 2.24) is 9.80 Å². The Kier molecular flexibility index (Phi) is 8.38. The molecule has 9 nitrogen and oxygen atoms in total. The summed E-state index contributed by atoms with van der Waals surface area (Å²) in [6, 6.07) is 9.78. The minimum atomic E-state index is -0.724. The molecule has 0 radical (unpaired) electrons. The summed E-state index contributed by atoms with van der Waals surface area (Å²) < 4.78 is 5.11. The van der Waals surface area contributed by atoms with Crippen LogP contribution in [0.4, 0.5) is 5.69 Å². The Balaban J connectivity index is 1.35. The zero-order valence-corrected chi connectivity index (χ0v) is 20.9. The quantitative estimate of drug-likeness (QED) is 0.313. The molecular weight excluding hydrogens is 509 g/mol. The molecular formula is C25H25Cl2N3O6. The number of ether oxygens (including phenoxy) is 1. The number of imide groups is 1. The van der Waals surface area contributed by atoms with E-state index in [0.717, 1.165) is 18.0 Å². The molecule has 1 N–H and O–H groups in total. The monoisotopic (exact) mass is 533 g/mol. The second kappa shape index (κ2) is 11.5. The first-order valence-electron chi connectivity index (χ1n) is 11.5. The second-order valence-corrected chi connectivity index (χ2v) is 9.40. The van der Waals surface area contributed by atoms with Crippen LogP contribution in [-0.2, 0) is 14.3 Å². The van der Waals surface area contributed by atoms with E-state index in [9.17, 15) is 19.2 Å². The molecule has 0 aliphatic carbocycles. The normalized spacial score (nSPS) is 19.1. The summed E-state index contributed by atoms with van der Waals surface area (Å²) in [7, 11) is 0. The zero-order valence-electron chi connectivity index (χ0n) is 19.4. The Morgan fingerprint density at radius 1 is 1.00 bits per heavy atom. The van der Waals surface area contributed by atoms with Crippen LogP contribution in [0.2, 0.25) is 10.0 Å². The van der Waals surface area contributed by atoms with Gasteiger partial charge in [0.15, 0.2) is 6.61 Å². The average Bonchev–Trinajstić information content (AvgIpc) is 3.16. The molecule has 2 aliphatic rings. The number of benzene rings is 2. The van der Waals surface area contributed by atoms with Gasteiger partial charge in [0.25, 0.3) is 5.91 Å². The lowest BCUT2D eigenvalue weighted by Gasteiger charge is -2.36. The molecule has 2 aromatic rings. The van der Waals surface area contributed by atoms with Crippen LogP contribution in [0.25, 0.3) is 0 Å². The Morgan fingerprint density at radius 2 is 1.69 bits per heavy atom. The third kappa shape index (κ3) is 5.77. The second-order valence-electron chi connectivity index (χ2n) is 8.56. The van der Waals surface area contributed by atoms with Crippen LogP contribution in [0.1, 0.15) is 27.1 Å². The van der Waals surface area contributed by atoms with E-state index in [1.54, 1.807) is 0 Å². The van der Waals surface area contributed by atoms with Crippen LogP contribution in [-0.4, -0.2) is 90.5 Å². The Hall–Kier alpha value is -2.82. The van der Waals surface area contributed by atoms with Gasteiger partial charge in [0.05, 0.1) is 35.3 Å². The smallest absolute Gasteiger partial charge is 0.338 e. The number of anilines is 1. The highest BCUT2D eigenvalue weighted by atomic mass is 35.5. The van der Waals surface area contributed by atoms with Crippen molar-refractivity contribution < 1.29 is 29.0 Å². The number of Topliss-reactive ketones (excluding diaryl/α,β-unsaturated/α-hetero) is 1. The van der Waals surface area contributed by atoms with Crippen LogP contribution in [0.5, 0.6) is 0 Å². The predicted octanol–water partition coefficient (Wildman–Crippen LogP) is 2.27. The summed E-state index contributed by atoms with van der Waals surface area (Å²) in [5.74, 6) is -1.80. The first-order chi connectivity index (χ1) is 17.3. The fraction of sp³-hybridized carbons (Fsp3) is 0.360. The van der Waals surface area contributed by atoms with Gasteiger partial charge in [-0.25, -0.2) is 9.69 Å². The maximum atomic E-state index is 13.1. The Labute approximate surface area is 218 Å². The number of nitrogens with zero attached hydrogens (tertiary/aromatic N) is 3. The fourth-order valence-electron chi connectivity index (χ4n) is 4.37. The van der Waals surface area contributed by atoms with Gasteiger partial charge in [-0.15, -0.1) is 0 Å². The van der Waals surface area contributed by atoms with E-state index in [-0.39, 0.29) is 41.0 Å². The molecule has 11 heteroatoms. The van der Waals surface area contributed by atoms with E-state index in [4.69, 9.17) is 33.0 Å². The summed E-state index contributed by atoms with van der Waals surface area (Å²) in [6.45, 7) is 2.91. The highest BCUT2D eigenvalue weighted by Crippen LogP contribution is 2.27. The predicted molar refractivity (Wildman–Crippen MR) is 134 cm³/mol. The van der Waals surface area contributed by atoms with Gasteiger partial charge < -0.3 is 9.84 Å². The first kappa shape index (κ1) is 26.2. The molecule has 0 aromatic heterocycles. The SMILES string of the molecule is O=C(OCC(=O)c1ccc(Cl)cc1Cl)c1ccc(N2C(=O)CC(N3CCN(CCO)CC3)C2=O)cc1. The van der Waals surface area contributed by atoms with E-state index in [1.807, 2.05) is 4.90 Å². The molecule has 2 saturated heterocycles. The van der Waals surface area contributed by atoms with Gasteiger partial charge in [0.2, 0.25) is 11.7 Å². The van der Waals surface area contributed by atoms with E-state index in [2.05, 4.69) is 4.90 Å². The van der Waals surface area contributed by atoms with Gasteiger partial charge in [-0.3, -0.25) is 24.2 Å². The van der Waals surface area contributed by atoms with Gasteiger partial charge in [-0.05, 0) is 42.5 Å².